The van der Waals surface area contributed by atoms with Gasteiger partial charge in [-0.1, -0.05) is 60.7 Å². The number of hydrogen-bond donors (Lipinski definition) is 3. The highest BCUT2D eigenvalue weighted by Gasteiger charge is 2.19. The summed E-state index contributed by atoms with van der Waals surface area (Å²) in [5, 5.41) is 28.1. The lowest BCUT2D eigenvalue weighted by Gasteiger charge is -2.06. The number of rotatable bonds is 2. The molecule has 3 N–H and O–H groups in total. The van der Waals surface area contributed by atoms with Crippen LogP contribution in [0.1, 0.15) is 31.8 Å². The zero-order valence-electron chi connectivity index (χ0n) is 17.8. The lowest BCUT2D eigenvalue weighted by molar-refractivity contribution is -0.110. The lowest BCUT2D eigenvalue weighted by atomic mass is 9.96. The zero-order chi connectivity index (χ0) is 26.4. The Morgan fingerprint density at radius 2 is 1.23 bits per heavy atom. The van der Waals surface area contributed by atoms with Crippen molar-refractivity contribution >= 4 is 23.4 Å². The van der Waals surface area contributed by atoms with Crippen LogP contribution in [0.3, 0.4) is 0 Å². The molecule has 3 aromatic rings. The predicted octanol–water partition coefficient (Wildman–Crippen LogP) is 5.23. The van der Waals surface area contributed by atoms with Crippen molar-refractivity contribution in [1.82, 2.24) is 0 Å². The molecule has 12 heteroatoms. The van der Waals surface area contributed by atoms with E-state index in [1.807, 2.05) is 12.1 Å². The first-order chi connectivity index (χ1) is 16.7. The molecule has 0 aliphatic heterocycles. The van der Waals surface area contributed by atoms with Gasteiger partial charge < -0.3 is 37.4 Å². The molecule has 0 bridgehead atoms. The molecule has 0 spiro atoms. The molecule has 35 heavy (non-hydrogen) atoms. The number of allylic oxidation sites excluding steroid dienone is 1. The Labute approximate surface area is 197 Å². The number of Topliss-reactive ketones (excluding diaryl/α,β-unsaturated/α-hetero) is 1. The molecule has 0 saturated heterocycles. The fourth-order valence-electron chi connectivity index (χ4n) is 2.72. The van der Waals surface area contributed by atoms with Crippen molar-refractivity contribution in [2.75, 3.05) is 0 Å². The van der Waals surface area contributed by atoms with Gasteiger partial charge in [0.1, 0.15) is 0 Å². The minimum atomic E-state index is -0.688. The van der Waals surface area contributed by atoms with E-state index in [0.717, 1.165) is 11.6 Å². The van der Waals surface area contributed by atoms with Gasteiger partial charge in [0.25, 0.3) is 0 Å². The molecule has 0 fully saturated rings. The van der Waals surface area contributed by atoms with Crippen LogP contribution < -0.4 is 0 Å². The monoisotopic (exact) mass is 472 g/mol. The topological polar surface area (TPSA) is 229 Å². The zero-order valence-corrected chi connectivity index (χ0v) is 17.8. The summed E-state index contributed by atoms with van der Waals surface area (Å²) < 4.78 is 0. The van der Waals surface area contributed by atoms with Gasteiger partial charge in [0.15, 0.2) is 17.3 Å². The maximum absolute atomic E-state index is 12.0. The average molecular weight is 472 g/mol. The Balaban J connectivity index is 0.000000296. The molecule has 3 aromatic carbocycles. The maximum atomic E-state index is 12.0. The second-order valence-electron chi connectivity index (χ2n) is 6.32. The van der Waals surface area contributed by atoms with Crippen LogP contribution in [-0.4, -0.2) is 32.7 Å². The van der Waals surface area contributed by atoms with E-state index in [4.69, 9.17) is 27.2 Å². The number of phenolic OH excluding ortho intramolecular Hbond substituents is 3. The summed E-state index contributed by atoms with van der Waals surface area (Å²) in [6, 6.07) is 17.9. The van der Waals surface area contributed by atoms with Gasteiger partial charge in [-0.25, -0.2) is 0 Å². The molecule has 0 amide bonds. The fraction of sp³-hybridized carbons (Fsp3) is 0. The smallest absolute Gasteiger partial charge is 0.233 e. The largest absolute Gasteiger partial charge is 0.504 e. The first kappa shape index (κ1) is 27.5. The van der Waals surface area contributed by atoms with E-state index in [2.05, 4.69) is 0 Å². The third-order valence-electron chi connectivity index (χ3n) is 4.25. The Morgan fingerprint density at radius 1 is 0.686 bits per heavy atom. The van der Waals surface area contributed by atoms with Gasteiger partial charge in [-0.15, -0.1) is 0 Å². The number of benzene rings is 3. The summed E-state index contributed by atoms with van der Waals surface area (Å²) in [5.41, 5.74) is 28.7. The standard InChI is InChI=1S/C13H10O4.C10H6O2.2N3/c14-10-7-6-9(12(16)13(10)17)11(15)8-4-2-1-3-5-8;11-9-6-5-7-3-1-2-4-8(7)10(9)12;2*1-3-2/h1-7,14,16-17H;1-6H;;/q;;2*-1. The normalized spacial score (nSPS) is 10.4. The molecular formula is C23H16N6O6-2. The minimum absolute atomic E-state index is 0.0495. The second kappa shape index (κ2) is 13.8. The van der Waals surface area contributed by atoms with E-state index in [1.165, 1.54) is 22.0 Å². The molecule has 1 aliphatic rings. The van der Waals surface area contributed by atoms with Crippen LogP contribution >= 0.6 is 0 Å². The molecule has 0 unspecified atom stereocenters. The summed E-state index contributed by atoms with van der Waals surface area (Å²) in [4.78, 5) is 37.1. The number of hydrogen-bond acceptors (Lipinski definition) is 6. The number of aromatic hydroxyl groups is 3. The summed E-state index contributed by atoms with van der Waals surface area (Å²) >= 11 is 0. The van der Waals surface area contributed by atoms with Crippen LogP contribution in [-0.2, 0) is 4.79 Å². The van der Waals surface area contributed by atoms with Crippen molar-refractivity contribution in [2.24, 2.45) is 0 Å². The van der Waals surface area contributed by atoms with Gasteiger partial charge in [-0.05, 0) is 23.8 Å². The van der Waals surface area contributed by atoms with Gasteiger partial charge in [0.2, 0.25) is 17.3 Å². The Morgan fingerprint density at radius 3 is 1.83 bits per heavy atom. The Kier molecular flexibility index (Phi) is 10.8. The van der Waals surface area contributed by atoms with Crippen molar-refractivity contribution in [2.45, 2.75) is 0 Å². The van der Waals surface area contributed by atoms with Crippen molar-refractivity contribution in [3.05, 3.63) is 127 Å². The summed E-state index contributed by atoms with van der Waals surface area (Å²) in [7, 11) is 0. The van der Waals surface area contributed by atoms with Crippen molar-refractivity contribution in [3.8, 4) is 17.2 Å². The van der Waals surface area contributed by atoms with Crippen LogP contribution in [0.2, 0.25) is 0 Å². The summed E-state index contributed by atoms with van der Waals surface area (Å²) in [6.45, 7) is 0. The van der Waals surface area contributed by atoms with Gasteiger partial charge >= 0.3 is 0 Å². The van der Waals surface area contributed by atoms with Crippen molar-refractivity contribution in [3.63, 3.8) is 0 Å². The molecule has 1 aliphatic carbocycles. The molecule has 0 heterocycles. The quantitative estimate of drug-likeness (QED) is 0.113. The number of carbonyl (C=O) groups excluding carboxylic acids is 3. The third-order valence-corrected chi connectivity index (χ3v) is 4.25. The van der Waals surface area contributed by atoms with Crippen LogP contribution in [0.25, 0.3) is 38.0 Å². The molecule has 0 saturated carbocycles. The van der Waals surface area contributed by atoms with Gasteiger partial charge in [-0.2, -0.15) is 0 Å². The highest BCUT2D eigenvalue weighted by molar-refractivity contribution is 6.49. The maximum Gasteiger partial charge on any atom is 0.233 e. The van der Waals surface area contributed by atoms with Gasteiger partial charge in [0, 0.05) is 11.1 Å². The summed E-state index contributed by atoms with van der Waals surface area (Å²) in [5.74, 6) is -3.03. The van der Waals surface area contributed by atoms with Crippen molar-refractivity contribution in [1.29, 1.82) is 0 Å². The third kappa shape index (κ3) is 7.51. The Bertz CT molecular complexity index is 1310. The molecule has 0 radical (unpaired) electrons. The lowest BCUT2D eigenvalue weighted by Crippen LogP contribution is -2.15. The molecule has 0 aromatic heterocycles. The van der Waals surface area contributed by atoms with Crippen LogP contribution in [0, 0.1) is 0 Å². The van der Waals surface area contributed by atoms with Crippen molar-refractivity contribution < 1.29 is 29.7 Å². The molecular weight excluding hydrogens is 456 g/mol. The van der Waals surface area contributed by atoms with E-state index >= 15 is 0 Å². The number of fused-ring (bicyclic) bond motifs is 1. The molecule has 12 nitrogen and oxygen atoms in total. The highest BCUT2D eigenvalue weighted by atomic mass is 16.3. The Hall–Kier alpha value is -5.57. The van der Waals surface area contributed by atoms with E-state index < -0.39 is 34.6 Å². The van der Waals surface area contributed by atoms with Crippen LogP contribution in [0.5, 0.6) is 17.2 Å². The number of carbonyl (C=O) groups is 3. The van der Waals surface area contributed by atoms with Crippen LogP contribution in [0.4, 0.5) is 0 Å². The fourth-order valence-corrected chi connectivity index (χ4v) is 2.72. The van der Waals surface area contributed by atoms with E-state index in [-0.39, 0.29) is 5.56 Å². The van der Waals surface area contributed by atoms with Crippen LogP contribution in [0.15, 0.2) is 72.8 Å². The first-order valence-electron chi connectivity index (χ1n) is 9.39. The van der Waals surface area contributed by atoms with E-state index in [0.29, 0.717) is 11.1 Å². The number of nitrogens with zero attached hydrogens (tertiary/aromatic N) is 6. The van der Waals surface area contributed by atoms with Gasteiger partial charge in [0.05, 0.1) is 5.56 Å². The number of phenols is 3. The van der Waals surface area contributed by atoms with E-state index in [9.17, 15) is 24.6 Å². The molecule has 0 atom stereocenters. The molecule has 4 rings (SSSR count). The first-order valence-corrected chi connectivity index (χ1v) is 9.39. The average Bonchev–Trinajstić information content (AvgIpc) is 2.87. The summed E-state index contributed by atoms with van der Waals surface area (Å²) in [6.07, 6.45) is 2.98. The minimum Gasteiger partial charge on any atom is -0.504 e. The SMILES string of the molecule is O=C(c1ccccc1)c1ccc(O)c(O)c1O.O=C1C=Cc2ccccc2C1=O.[N-]=[N+]=[N-].[N-]=[N+]=[N-]. The van der Waals surface area contributed by atoms with Gasteiger partial charge in [-0.3, -0.25) is 24.2 Å². The molecule has 176 valence electrons. The predicted molar refractivity (Wildman–Crippen MR) is 126 cm³/mol. The second-order valence-corrected chi connectivity index (χ2v) is 6.32. The van der Waals surface area contributed by atoms with E-state index in [1.54, 1.807) is 48.5 Å². The number of ketones is 3. The highest BCUT2D eigenvalue weighted by Crippen LogP contribution is 2.37.